The SMILES string of the molecule is COC1CC2(C1)CN(c1nc(C)cc3cnc(C)nc13)C2. The van der Waals surface area contributed by atoms with Crippen LogP contribution < -0.4 is 4.90 Å². The zero-order chi connectivity index (χ0) is 14.6. The first-order valence-corrected chi connectivity index (χ1v) is 7.47. The molecule has 0 aromatic carbocycles. The number of hydrogen-bond acceptors (Lipinski definition) is 5. The number of pyridine rings is 1. The number of ether oxygens (including phenoxy) is 1. The Hall–Kier alpha value is -1.75. The van der Waals surface area contributed by atoms with Gasteiger partial charge in [-0.05, 0) is 32.8 Å². The lowest BCUT2D eigenvalue weighted by Gasteiger charge is -2.59. The van der Waals surface area contributed by atoms with Crippen LogP contribution in [0.3, 0.4) is 0 Å². The molecule has 0 amide bonds. The molecule has 2 aliphatic rings. The summed E-state index contributed by atoms with van der Waals surface area (Å²) in [7, 11) is 1.81. The monoisotopic (exact) mass is 284 g/mol. The minimum Gasteiger partial charge on any atom is -0.381 e. The average molecular weight is 284 g/mol. The van der Waals surface area contributed by atoms with Crippen LogP contribution in [0, 0.1) is 19.3 Å². The molecule has 0 N–H and O–H groups in total. The number of aromatic nitrogens is 3. The van der Waals surface area contributed by atoms with E-state index in [-0.39, 0.29) is 0 Å². The number of rotatable bonds is 2. The third kappa shape index (κ3) is 1.99. The fraction of sp³-hybridized carbons (Fsp3) is 0.562. The van der Waals surface area contributed by atoms with Gasteiger partial charge in [-0.3, -0.25) is 0 Å². The van der Waals surface area contributed by atoms with E-state index in [1.165, 1.54) is 12.8 Å². The third-order valence-corrected chi connectivity index (χ3v) is 4.80. The van der Waals surface area contributed by atoms with Crippen LogP contribution in [-0.4, -0.2) is 41.3 Å². The maximum atomic E-state index is 5.41. The van der Waals surface area contributed by atoms with Crippen LogP contribution in [0.2, 0.25) is 0 Å². The number of hydrogen-bond donors (Lipinski definition) is 0. The van der Waals surface area contributed by atoms with Crippen LogP contribution in [0.1, 0.15) is 24.4 Å². The summed E-state index contributed by atoms with van der Waals surface area (Å²) in [5.41, 5.74) is 2.46. The van der Waals surface area contributed by atoms with Crippen molar-refractivity contribution in [3.05, 3.63) is 23.8 Å². The van der Waals surface area contributed by atoms with E-state index in [0.717, 1.165) is 41.3 Å². The molecule has 4 rings (SSSR count). The first-order valence-electron chi connectivity index (χ1n) is 7.47. The number of fused-ring (bicyclic) bond motifs is 1. The Morgan fingerprint density at radius 1 is 1.24 bits per heavy atom. The van der Waals surface area contributed by atoms with Crippen LogP contribution in [0.5, 0.6) is 0 Å². The minimum absolute atomic E-state index is 0.457. The molecule has 2 fully saturated rings. The summed E-state index contributed by atoms with van der Waals surface area (Å²) in [6.45, 7) is 6.10. The largest absolute Gasteiger partial charge is 0.381 e. The summed E-state index contributed by atoms with van der Waals surface area (Å²) in [4.78, 5) is 16.0. The Balaban J connectivity index is 1.64. The minimum atomic E-state index is 0.457. The molecule has 2 aromatic heterocycles. The molecule has 0 bridgehead atoms. The molecule has 5 nitrogen and oxygen atoms in total. The number of anilines is 1. The van der Waals surface area contributed by atoms with Gasteiger partial charge in [0.05, 0.1) is 6.10 Å². The lowest BCUT2D eigenvalue weighted by atomic mass is 9.62. The topological polar surface area (TPSA) is 51.1 Å². The first kappa shape index (κ1) is 13.0. The van der Waals surface area contributed by atoms with Gasteiger partial charge in [0, 0.05) is 42.9 Å². The van der Waals surface area contributed by atoms with E-state index in [1.807, 2.05) is 27.2 Å². The van der Waals surface area contributed by atoms with E-state index in [2.05, 4.69) is 20.9 Å². The van der Waals surface area contributed by atoms with Gasteiger partial charge >= 0.3 is 0 Å². The Labute approximate surface area is 124 Å². The summed E-state index contributed by atoms with van der Waals surface area (Å²) in [6.07, 6.45) is 4.71. The molecule has 1 saturated carbocycles. The van der Waals surface area contributed by atoms with Gasteiger partial charge in [0.1, 0.15) is 11.3 Å². The average Bonchev–Trinajstić information content (AvgIpc) is 2.36. The molecule has 5 heteroatoms. The van der Waals surface area contributed by atoms with Gasteiger partial charge in [0.15, 0.2) is 5.82 Å². The molecule has 0 atom stereocenters. The maximum Gasteiger partial charge on any atom is 0.155 e. The standard InChI is InChI=1S/C16H20N4O/c1-10-4-12-7-17-11(2)19-14(12)15(18-10)20-8-16(9-20)5-13(6-16)21-3/h4,7,13H,5-6,8-9H2,1-3H3. The Bertz CT molecular complexity index is 701. The molecule has 0 unspecified atom stereocenters. The summed E-state index contributed by atoms with van der Waals surface area (Å²) < 4.78 is 5.41. The van der Waals surface area contributed by atoms with Gasteiger partial charge in [-0.1, -0.05) is 0 Å². The molecular formula is C16H20N4O. The van der Waals surface area contributed by atoms with Gasteiger partial charge in [-0.15, -0.1) is 0 Å². The highest BCUT2D eigenvalue weighted by Gasteiger charge is 2.53. The smallest absolute Gasteiger partial charge is 0.155 e. The van der Waals surface area contributed by atoms with Crippen molar-refractivity contribution in [3.63, 3.8) is 0 Å². The second-order valence-corrected chi connectivity index (χ2v) is 6.56. The van der Waals surface area contributed by atoms with Gasteiger partial charge in [-0.2, -0.15) is 0 Å². The van der Waals surface area contributed by atoms with Crippen molar-refractivity contribution < 1.29 is 4.74 Å². The van der Waals surface area contributed by atoms with Crippen molar-refractivity contribution in [2.24, 2.45) is 5.41 Å². The van der Waals surface area contributed by atoms with E-state index >= 15 is 0 Å². The molecule has 110 valence electrons. The molecule has 1 spiro atoms. The zero-order valence-electron chi connectivity index (χ0n) is 12.8. The van der Waals surface area contributed by atoms with E-state index in [4.69, 9.17) is 9.72 Å². The summed E-state index contributed by atoms with van der Waals surface area (Å²) >= 11 is 0. The summed E-state index contributed by atoms with van der Waals surface area (Å²) in [5.74, 6) is 1.81. The predicted octanol–water partition coefficient (Wildman–Crippen LogP) is 2.26. The van der Waals surface area contributed by atoms with Gasteiger partial charge in [0.25, 0.3) is 0 Å². The van der Waals surface area contributed by atoms with Crippen LogP contribution in [-0.2, 0) is 4.74 Å². The fourth-order valence-corrected chi connectivity index (χ4v) is 3.71. The summed E-state index contributed by atoms with van der Waals surface area (Å²) in [6, 6.07) is 2.05. The first-order chi connectivity index (χ1) is 10.1. The molecule has 2 aromatic rings. The molecule has 1 aliphatic carbocycles. The van der Waals surface area contributed by atoms with Crippen molar-refractivity contribution >= 4 is 16.7 Å². The van der Waals surface area contributed by atoms with Crippen molar-refractivity contribution in [1.29, 1.82) is 0 Å². The van der Waals surface area contributed by atoms with E-state index < -0.39 is 0 Å². The molecular weight excluding hydrogens is 264 g/mol. The van der Waals surface area contributed by atoms with Crippen molar-refractivity contribution in [2.45, 2.75) is 32.8 Å². The Kier molecular flexibility index (Phi) is 2.70. The Morgan fingerprint density at radius 2 is 2.00 bits per heavy atom. The van der Waals surface area contributed by atoms with Crippen LogP contribution >= 0.6 is 0 Å². The number of nitrogens with zero attached hydrogens (tertiary/aromatic N) is 4. The van der Waals surface area contributed by atoms with Gasteiger partial charge in [0.2, 0.25) is 0 Å². The number of methoxy groups -OCH3 is 1. The van der Waals surface area contributed by atoms with Gasteiger partial charge < -0.3 is 9.64 Å². The van der Waals surface area contributed by atoms with Crippen LogP contribution in [0.25, 0.3) is 10.9 Å². The van der Waals surface area contributed by atoms with E-state index in [1.54, 1.807) is 0 Å². The zero-order valence-corrected chi connectivity index (χ0v) is 12.8. The number of aryl methyl sites for hydroxylation is 2. The predicted molar refractivity (Wildman–Crippen MR) is 81.5 cm³/mol. The quantitative estimate of drug-likeness (QED) is 0.846. The van der Waals surface area contributed by atoms with Crippen molar-refractivity contribution in [3.8, 4) is 0 Å². The van der Waals surface area contributed by atoms with E-state index in [9.17, 15) is 0 Å². The Morgan fingerprint density at radius 3 is 2.71 bits per heavy atom. The van der Waals surface area contributed by atoms with Crippen molar-refractivity contribution in [2.75, 3.05) is 25.1 Å². The molecule has 1 aliphatic heterocycles. The van der Waals surface area contributed by atoms with E-state index in [0.29, 0.717) is 11.5 Å². The third-order valence-electron chi connectivity index (χ3n) is 4.80. The van der Waals surface area contributed by atoms with Crippen LogP contribution in [0.15, 0.2) is 12.3 Å². The summed E-state index contributed by atoms with van der Waals surface area (Å²) in [5, 5.41) is 1.08. The van der Waals surface area contributed by atoms with Crippen molar-refractivity contribution in [1.82, 2.24) is 15.0 Å². The second kappa shape index (κ2) is 4.37. The normalized spacial score (nSPS) is 20.6. The highest BCUT2D eigenvalue weighted by atomic mass is 16.5. The molecule has 3 heterocycles. The highest BCUT2D eigenvalue weighted by molar-refractivity contribution is 5.88. The lowest BCUT2D eigenvalue weighted by Crippen LogP contribution is -2.64. The molecule has 21 heavy (non-hydrogen) atoms. The maximum absolute atomic E-state index is 5.41. The van der Waals surface area contributed by atoms with Crippen LogP contribution in [0.4, 0.5) is 5.82 Å². The second-order valence-electron chi connectivity index (χ2n) is 6.56. The lowest BCUT2D eigenvalue weighted by molar-refractivity contribution is -0.0732. The highest BCUT2D eigenvalue weighted by Crippen LogP contribution is 2.50. The molecule has 1 saturated heterocycles. The van der Waals surface area contributed by atoms with Gasteiger partial charge in [-0.25, -0.2) is 15.0 Å². The fourth-order valence-electron chi connectivity index (χ4n) is 3.71. The molecule has 0 radical (unpaired) electrons.